The van der Waals surface area contributed by atoms with Crippen molar-refractivity contribution < 1.29 is 9.59 Å². The molecule has 2 amide bonds. The molecule has 2 saturated heterocycles. The lowest BCUT2D eigenvalue weighted by atomic mass is 10.1. The van der Waals surface area contributed by atoms with Gasteiger partial charge in [-0.3, -0.25) is 9.80 Å². The Morgan fingerprint density at radius 3 is 2.75 bits per heavy atom. The number of amides is 2. The first kappa shape index (κ1) is 11.3. The van der Waals surface area contributed by atoms with Gasteiger partial charge in [0.15, 0.2) is 5.78 Å². The largest absolute Gasteiger partial charge is 0.349 e. The molecule has 0 aromatic carbocycles. The SMILES string of the molecule is CNN1CCCN2CCC(C(C)=O)N2C1=O. The summed E-state index contributed by atoms with van der Waals surface area (Å²) >= 11 is 0. The summed E-state index contributed by atoms with van der Waals surface area (Å²) in [6.07, 6.45) is 1.67. The van der Waals surface area contributed by atoms with Crippen LogP contribution >= 0.6 is 0 Å². The molecule has 2 aliphatic rings. The van der Waals surface area contributed by atoms with Crippen molar-refractivity contribution in [1.82, 2.24) is 20.5 Å². The zero-order valence-electron chi connectivity index (χ0n) is 9.77. The average Bonchev–Trinajstić information content (AvgIpc) is 2.61. The van der Waals surface area contributed by atoms with Gasteiger partial charge >= 0.3 is 6.03 Å². The quantitative estimate of drug-likeness (QED) is 0.710. The summed E-state index contributed by atoms with van der Waals surface area (Å²) in [6, 6.07) is -0.390. The number of hydrogen-bond donors (Lipinski definition) is 1. The Morgan fingerprint density at radius 2 is 2.12 bits per heavy atom. The Balaban J connectivity index is 2.22. The van der Waals surface area contributed by atoms with Gasteiger partial charge < -0.3 is 0 Å². The molecule has 1 atom stereocenters. The molecule has 0 aromatic rings. The van der Waals surface area contributed by atoms with Crippen LogP contribution in [0, 0.1) is 0 Å². The maximum absolute atomic E-state index is 12.2. The van der Waals surface area contributed by atoms with Crippen molar-refractivity contribution >= 4 is 11.8 Å². The number of nitrogens with one attached hydrogen (secondary N) is 1. The summed E-state index contributed by atoms with van der Waals surface area (Å²) in [5.74, 6) is 0.0637. The smallest absolute Gasteiger partial charge is 0.298 e. The zero-order valence-corrected chi connectivity index (χ0v) is 9.77. The molecule has 0 radical (unpaired) electrons. The molecular formula is C10H18N4O2. The van der Waals surface area contributed by atoms with Crippen LogP contribution < -0.4 is 5.43 Å². The standard InChI is InChI=1S/C10H18N4O2/c1-8(15)9-4-7-12-5-3-6-13(11-2)10(16)14(9)12/h9,11H,3-7H2,1-2H3. The molecule has 6 heteroatoms. The third-order valence-corrected chi connectivity index (χ3v) is 3.22. The number of hydrogen-bond acceptors (Lipinski definition) is 4. The lowest BCUT2D eigenvalue weighted by Crippen LogP contribution is -2.54. The highest BCUT2D eigenvalue weighted by Gasteiger charge is 2.41. The predicted molar refractivity (Wildman–Crippen MR) is 58.3 cm³/mol. The molecule has 6 nitrogen and oxygen atoms in total. The van der Waals surface area contributed by atoms with Crippen LogP contribution in [0.15, 0.2) is 0 Å². The van der Waals surface area contributed by atoms with Crippen molar-refractivity contribution in [2.75, 3.05) is 26.7 Å². The van der Waals surface area contributed by atoms with E-state index in [4.69, 9.17) is 0 Å². The molecular weight excluding hydrogens is 208 g/mol. The Bertz CT molecular complexity index is 307. The van der Waals surface area contributed by atoms with E-state index in [1.165, 1.54) is 0 Å². The van der Waals surface area contributed by atoms with Crippen LogP contribution in [0.2, 0.25) is 0 Å². The maximum atomic E-state index is 12.2. The molecule has 0 aliphatic carbocycles. The summed E-state index contributed by atoms with van der Waals surface area (Å²) in [5, 5.41) is 5.18. The lowest BCUT2D eigenvalue weighted by Gasteiger charge is -2.31. The van der Waals surface area contributed by atoms with Gasteiger partial charge in [0.1, 0.15) is 6.04 Å². The van der Waals surface area contributed by atoms with Crippen LogP contribution in [-0.4, -0.2) is 59.6 Å². The van der Waals surface area contributed by atoms with E-state index in [1.54, 1.807) is 24.0 Å². The summed E-state index contributed by atoms with van der Waals surface area (Å²) in [6.45, 7) is 3.88. The van der Waals surface area contributed by atoms with Crippen LogP contribution in [-0.2, 0) is 4.79 Å². The number of Topliss-reactive ketones (excluding diaryl/α,β-unsaturated/α-hetero) is 1. The molecule has 2 rings (SSSR count). The number of carbonyl (C=O) groups is 2. The monoisotopic (exact) mass is 226 g/mol. The average molecular weight is 226 g/mol. The minimum absolute atomic E-state index is 0.0637. The Kier molecular flexibility index (Phi) is 3.11. The predicted octanol–water partition coefficient (Wildman–Crippen LogP) is -0.173. The van der Waals surface area contributed by atoms with Gasteiger partial charge in [-0.1, -0.05) is 0 Å². The van der Waals surface area contributed by atoms with Gasteiger partial charge in [0.05, 0.1) is 0 Å². The van der Waals surface area contributed by atoms with E-state index >= 15 is 0 Å². The molecule has 0 bridgehead atoms. The van der Waals surface area contributed by atoms with Crippen molar-refractivity contribution in [2.45, 2.75) is 25.8 Å². The molecule has 2 heterocycles. The number of rotatable bonds is 2. The molecule has 2 aliphatic heterocycles. The normalized spacial score (nSPS) is 26.9. The fourth-order valence-electron chi connectivity index (χ4n) is 2.39. The van der Waals surface area contributed by atoms with Gasteiger partial charge in [-0.25, -0.2) is 20.2 Å². The van der Waals surface area contributed by atoms with Gasteiger partial charge in [-0.15, -0.1) is 0 Å². The Morgan fingerprint density at radius 1 is 1.38 bits per heavy atom. The van der Waals surface area contributed by atoms with Gasteiger partial charge in [0.25, 0.3) is 0 Å². The van der Waals surface area contributed by atoms with Crippen molar-refractivity contribution in [1.29, 1.82) is 0 Å². The lowest BCUT2D eigenvalue weighted by molar-refractivity contribution is -0.123. The highest BCUT2D eigenvalue weighted by atomic mass is 16.2. The van der Waals surface area contributed by atoms with Crippen LogP contribution in [0.3, 0.4) is 0 Å². The number of carbonyl (C=O) groups excluding carboxylic acids is 2. The molecule has 1 unspecified atom stereocenters. The van der Waals surface area contributed by atoms with Crippen molar-refractivity contribution in [3.63, 3.8) is 0 Å². The van der Waals surface area contributed by atoms with E-state index in [9.17, 15) is 9.59 Å². The van der Waals surface area contributed by atoms with E-state index in [2.05, 4.69) is 5.43 Å². The minimum Gasteiger partial charge on any atom is -0.298 e. The first-order valence-corrected chi connectivity index (χ1v) is 5.68. The van der Waals surface area contributed by atoms with Gasteiger partial charge in [-0.05, 0) is 19.8 Å². The molecule has 1 N–H and O–H groups in total. The fraction of sp³-hybridized carbons (Fsp3) is 0.800. The third kappa shape index (κ3) is 1.78. The summed E-state index contributed by atoms with van der Waals surface area (Å²) < 4.78 is 0. The molecule has 16 heavy (non-hydrogen) atoms. The first-order chi connectivity index (χ1) is 7.65. The van der Waals surface area contributed by atoms with Crippen molar-refractivity contribution in [2.24, 2.45) is 0 Å². The summed E-state index contributed by atoms with van der Waals surface area (Å²) in [7, 11) is 1.73. The molecule has 0 spiro atoms. The second-order valence-corrected chi connectivity index (χ2v) is 4.22. The van der Waals surface area contributed by atoms with Gasteiger partial charge in [-0.2, -0.15) is 0 Å². The van der Waals surface area contributed by atoms with Crippen molar-refractivity contribution in [3.05, 3.63) is 0 Å². The van der Waals surface area contributed by atoms with Gasteiger partial charge in [0.2, 0.25) is 0 Å². The highest BCUT2D eigenvalue weighted by molar-refractivity contribution is 5.87. The third-order valence-electron chi connectivity index (χ3n) is 3.22. The molecule has 0 aromatic heterocycles. The van der Waals surface area contributed by atoms with E-state index in [1.807, 2.05) is 5.01 Å². The van der Waals surface area contributed by atoms with Crippen LogP contribution in [0.1, 0.15) is 19.8 Å². The van der Waals surface area contributed by atoms with E-state index in [0.717, 1.165) is 25.9 Å². The fourth-order valence-corrected chi connectivity index (χ4v) is 2.39. The number of nitrogens with zero attached hydrogens (tertiary/aromatic N) is 3. The highest BCUT2D eigenvalue weighted by Crippen LogP contribution is 2.23. The van der Waals surface area contributed by atoms with Crippen LogP contribution in [0.25, 0.3) is 0 Å². The summed E-state index contributed by atoms with van der Waals surface area (Å²) in [4.78, 5) is 23.7. The van der Waals surface area contributed by atoms with E-state index in [-0.39, 0.29) is 17.9 Å². The van der Waals surface area contributed by atoms with Gasteiger partial charge in [0, 0.05) is 26.7 Å². The van der Waals surface area contributed by atoms with Crippen LogP contribution in [0.4, 0.5) is 4.79 Å². The Hall–Kier alpha value is -1.14. The minimum atomic E-state index is -0.276. The Labute approximate surface area is 95.1 Å². The second kappa shape index (κ2) is 4.39. The number of hydrazine groups is 2. The first-order valence-electron chi connectivity index (χ1n) is 5.68. The summed E-state index contributed by atoms with van der Waals surface area (Å²) in [5.41, 5.74) is 2.87. The van der Waals surface area contributed by atoms with Crippen LogP contribution in [0.5, 0.6) is 0 Å². The number of ketones is 1. The topological polar surface area (TPSA) is 55.9 Å². The van der Waals surface area contributed by atoms with E-state index < -0.39 is 0 Å². The van der Waals surface area contributed by atoms with E-state index in [0.29, 0.717) is 6.54 Å². The zero-order chi connectivity index (χ0) is 11.7. The molecule has 0 saturated carbocycles. The maximum Gasteiger partial charge on any atom is 0.349 e. The van der Waals surface area contributed by atoms with Crippen molar-refractivity contribution in [3.8, 4) is 0 Å². The number of urea groups is 1. The molecule has 90 valence electrons. The number of fused-ring (bicyclic) bond motifs is 1. The molecule has 2 fully saturated rings. The second-order valence-electron chi connectivity index (χ2n) is 4.22.